The van der Waals surface area contributed by atoms with E-state index in [1.165, 1.54) is 0 Å². The summed E-state index contributed by atoms with van der Waals surface area (Å²) in [6.45, 7) is 0. The number of benzene rings is 1. The molecule has 1 aliphatic heterocycles. The molecule has 0 saturated heterocycles. The van der Waals surface area contributed by atoms with Crippen LogP contribution in [0.25, 0.3) is 0 Å². The van der Waals surface area contributed by atoms with Crippen LogP contribution in [0.4, 0.5) is 5.82 Å². The van der Waals surface area contributed by atoms with E-state index in [-0.39, 0.29) is 17.3 Å². The van der Waals surface area contributed by atoms with Crippen LogP contribution in [0.5, 0.6) is 17.2 Å². The summed E-state index contributed by atoms with van der Waals surface area (Å²) in [7, 11) is 4.69. The number of Topliss-reactive ketones (excluding diaryl/α,β-unsaturated/α-hetero) is 1. The van der Waals surface area contributed by atoms with Gasteiger partial charge < -0.3 is 19.5 Å². The lowest BCUT2D eigenvalue weighted by Gasteiger charge is -2.34. The van der Waals surface area contributed by atoms with Crippen LogP contribution in [0.15, 0.2) is 52.7 Å². The number of ether oxygens (including phenoxy) is 3. The van der Waals surface area contributed by atoms with Crippen molar-refractivity contribution in [2.24, 2.45) is 0 Å². The average Bonchev–Trinajstić information content (AvgIpc) is 3.22. The number of nitrogens with one attached hydrogen (secondary N) is 3. The van der Waals surface area contributed by atoms with Crippen molar-refractivity contribution in [1.29, 1.82) is 0 Å². The Morgan fingerprint density at radius 2 is 1.73 bits per heavy atom. The fraction of sp³-hybridized carbons (Fsp3) is 0.292. The highest BCUT2D eigenvalue weighted by Gasteiger charge is 2.40. The third-order valence-electron chi connectivity index (χ3n) is 6.35. The van der Waals surface area contributed by atoms with Gasteiger partial charge in [0.1, 0.15) is 5.82 Å². The molecule has 3 N–H and O–H groups in total. The monoisotopic (exact) mass is 448 g/mol. The standard InChI is InChI=1S/C24H24N4O5/c1-31-17-9-14(10-18(32-2)22(17)33-3)13-7-15-20(16(29)8-13)19(12-5-4-6-25-11-12)21-23(26-15)27-28-24(21)30/h4-6,9-11,13,19H,7-8H2,1-3H3,(H3,26,27,28,30). The predicted molar refractivity (Wildman–Crippen MR) is 121 cm³/mol. The number of H-pyrrole nitrogens is 2. The number of anilines is 1. The van der Waals surface area contributed by atoms with Crippen LogP contribution in [-0.4, -0.2) is 42.3 Å². The summed E-state index contributed by atoms with van der Waals surface area (Å²) < 4.78 is 16.4. The lowest BCUT2D eigenvalue weighted by Crippen LogP contribution is -2.31. The van der Waals surface area contributed by atoms with Crippen LogP contribution < -0.4 is 25.1 Å². The summed E-state index contributed by atoms with van der Waals surface area (Å²) in [6, 6.07) is 7.47. The number of ketones is 1. The van der Waals surface area contributed by atoms with Crippen molar-refractivity contribution < 1.29 is 19.0 Å². The largest absolute Gasteiger partial charge is 0.493 e. The third kappa shape index (κ3) is 3.36. The number of carbonyl (C=O) groups excluding carboxylic acids is 1. The van der Waals surface area contributed by atoms with E-state index in [1.54, 1.807) is 33.7 Å². The van der Waals surface area contributed by atoms with Gasteiger partial charge in [-0.2, -0.15) is 0 Å². The number of carbonyl (C=O) groups is 1. The van der Waals surface area contributed by atoms with E-state index in [0.29, 0.717) is 47.0 Å². The first-order valence-electron chi connectivity index (χ1n) is 10.6. The highest BCUT2D eigenvalue weighted by atomic mass is 16.5. The molecule has 5 rings (SSSR count). The van der Waals surface area contributed by atoms with Crippen LogP contribution in [-0.2, 0) is 4.79 Å². The Balaban J connectivity index is 1.59. The van der Waals surface area contributed by atoms with Gasteiger partial charge in [-0.15, -0.1) is 0 Å². The van der Waals surface area contributed by atoms with Crippen LogP contribution in [0.3, 0.4) is 0 Å². The van der Waals surface area contributed by atoms with E-state index in [9.17, 15) is 9.59 Å². The molecule has 33 heavy (non-hydrogen) atoms. The number of allylic oxidation sites excluding steroid dienone is 2. The molecule has 3 aromatic rings. The Labute approximate surface area is 189 Å². The summed E-state index contributed by atoms with van der Waals surface area (Å²) in [5, 5.41) is 8.84. The average molecular weight is 448 g/mol. The molecule has 0 fully saturated rings. The molecule has 9 nitrogen and oxygen atoms in total. The number of aromatic nitrogens is 3. The van der Waals surface area contributed by atoms with Crippen molar-refractivity contribution in [1.82, 2.24) is 15.2 Å². The minimum Gasteiger partial charge on any atom is -0.493 e. The zero-order valence-electron chi connectivity index (χ0n) is 18.5. The van der Waals surface area contributed by atoms with Crippen molar-refractivity contribution in [2.45, 2.75) is 24.7 Å². The lowest BCUT2D eigenvalue weighted by molar-refractivity contribution is -0.116. The van der Waals surface area contributed by atoms with E-state index in [1.807, 2.05) is 24.3 Å². The predicted octanol–water partition coefficient (Wildman–Crippen LogP) is 3.08. The van der Waals surface area contributed by atoms with E-state index in [2.05, 4.69) is 20.5 Å². The third-order valence-corrected chi connectivity index (χ3v) is 6.35. The summed E-state index contributed by atoms with van der Waals surface area (Å²) in [4.78, 5) is 30.3. The van der Waals surface area contributed by atoms with Crippen LogP contribution in [0.1, 0.15) is 41.4 Å². The van der Waals surface area contributed by atoms with Gasteiger partial charge in [-0.25, -0.2) is 0 Å². The molecule has 170 valence electrons. The number of nitrogens with zero attached hydrogens (tertiary/aromatic N) is 1. The molecule has 2 aliphatic rings. The van der Waals surface area contributed by atoms with Crippen molar-refractivity contribution in [3.63, 3.8) is 0 Å². The Hall–Kier alpha value is -4.01. The molecular weight excluding hydrogens is 424 g/mol. The fourth-order valence-electron chi connectivity index (χ4n) is 4.87. The number of methoxy groups -OCH3 is 3. The second-order valence-electron chi connectivity index (χ2n) is 8.09. The minimum atomic E-state index is -0.478. The van der Waals surface area contributed by atoms with Gasteiger partial charge in [0.15, 0.2) is 17.3 Å². The fourth-order valence-corrected chi connectivity index (χ4v) is 4.87. The lowest BCUT2D eigenvalue weighted by atomic mass is 9.73. The number of hydrogen-bond acceptors (Lipinski definition) is 7. The van der Waals surface area contributed by atoms with Gasteiger partial charge in [-0.1, -0.05) is 6.07 Å². The zero-order valence-corrected chi connectivity index (χ0v) is 18.5. The summed E-state index contributed by atoms with van der Waals surface area (Å²) in [5.74, 6) is 1.58. The number of rotatable bonds is 5. The first-order chi connectivity index (χ1) is 16.0. The van der Waals surface area contributed by atoms with E-state index in [4.69, 9.17) is 14.2 Å². The quantitative estimate of drug-likeness (QED) is 0.549. The number of aromatic amines is 2. The van der Waals surface area contributed by atoms with Gasteiger partial charge in [0.05, 0.1) is 26.9 Å². The Morgan fingerprint density at radius 3 is 2.36 bits per heavy atom. The number of hydrogen-bond donors (Lipinski definition) is 3. The molecule has 0 amide bonds. The maximum absolute atomic E-state index is 13.5. The Morgan fingerprint density at radius 1 is 0.970 bits per heavy atom. The molecule has 9 heteroatoms. The molecule has 0 bridgehead atoms. The van der Waals surface area contributed by atoms with Gasteiger partial charge in [-0.05, 0) is 41.7 Å². The molecule has 0 radical (unpaired) electrons. The Bertz CT molecular complexity index is 1280. The molecule has 0 saturated carbocycles. The Kier molecular flexibility index (Phi) is 5.16. The SMILES string of the molecule is COc1cc(C2CC(=O)C3=C(C2)Nc2[nH][nH]c(=O)c2C3c2cccnc2)cc(OC)c1OC. The molecule has 1 aromatic carbocycles. The molecule has 2 unspecified atom stereocenters. The molecule has 0 spiro atoms. The van der Waals surface area contributed by atoms with Gasteiger partial charge in [-0.3, -0.25) is 24.8 Å². The zero-order chi connectivity index (χ0) is 23.1. The summed E-state index contributed by atoms with van der Waals surface area (Å²) >= 11 is 0. The van der Waals surface area contributed by atoms with Gasteiger partial charge in [0.2, 0.25) is 5.75 Å². The topological polar surface area (TPSA) is 118 Å². The van der Waals surface area contributed by atoms with Crippen molar-refractivity contribution in [3.05, 3.63) is 75.0 Å². The second kappa shape index (κ2) is 8.16. The summed E-state index contributed by atoms with van der Waals surface area (Å²) in [5.41, 5.74) is 3.37. The van der Waals surface area contributed by atoms with Gasteiger partial charge >= 0.3 is 0 Å². The van der Waals surface area contributed by atoms with Crippen molar-refractivity contribution >= 4 is 11.6 Å². The molecule has 2 aromatic heterocycles. The normalized spacial score (nSPS) is 19.4. The van der Waals surface area contributed by atoms with E-state index in [0.717, 1.165) is 16.8 Å². The van der Waals surface area contributed by atoms with Crippen LogP contribution in [0, 0.1) is 0 Å². The van der Waals surface area contributed by atoms with Crippen LogP contribution in [0.2, 0.25) is 0 Å². The highest BCUT2D eigenvalue weighted by molar-refractivity contribution is 6.01. The molecule has 1 aliphatic carbocycles. The smallest absolute Gasteiger partial charge is 0.270 e. The number of pyridine rings is 1. The van der Waals surface area contributed by atoms with Crippen molar-refractivity contribution in [2.75, 3.05) is 26.6 Å². The first kappa shape index (κ1) is 20.9. The van der Waals surface area contributed by atoms with E-state index >= 15 is 0 Å². The van der Waals surface area contributed by atoms with Gasteiger partial charge in [0.25, 0.3) is 5.56 Å². The van der Waals surface area contributed by atoms with Crippen molar-refractivity contribution in [3.8, 4) is 17.2 Å². The maximum atomic E-state index is 13.5. The van der Waals surface area contributed by atoms with E-state index < -0.39 is 5.92 Å². The second-order valence-corrected chi connectivity index (χ2v) is 8.09. The molecule has 3 heterocycles. The first-order valence-corrected chi connectivity index (χ1v) is 10.6. The van der Waals surface area contributed by atoms with Gasteiger partial charge in [0, 0.05) is 36.0 Å². The highest BCUT2D eigenvalue weighted by Crippen LogP contribution is 2.48. The number of fused-ring (bicyclic) bond motifs is 1. The minimum absolute atomic E-state index is 0.0115. The maximum Gasteiger partial charge on any atom is 0.270 e. The summed E-state index contributed by atoms with van der Waals surface area (Å²) in [6.07, 6.45) is 4.26. The van der Waals surface area contributed by atoms with Crippen LogP contribution >= 0.6 is 0 Å². The molecule has 2 atom stereocenters. The molecular formula is C24H24N4O5.